The first-order valence-corrected chi connectivity index (χ1v) is 4.50. The number of amides is 1. The molecule has 1 rings (SSSR count). The molecule has 1 aliphatic rings. The Hall–Kier alpha value is -1.32. The normalized spacial score (nSPS) is 22.6. The second kappa shape index (κ2) is 3.12. The standard InChI is InChI=1S/C10H15NO3/c1-5(12)6-7(13)8(10(2,3)4)11-9(6)14/h8,13H,1-4H3,(H,11,14). The van der Waals surface area contributed by atoms with Crippen molar-refractivity contribution in [1.29, 1.82) is 0 Å². The fourth-order valence-corrected chi connectivity index (χ4v) is 1.50. The Bertz CT molecular complexity index is 323. The molecule has 0 fully saturated rings. The molecule has 14 heavy (non-hydrogen) atoms. The minimum absolute atomic E-state index is 0.107. The van der Waals surface area contributed by atoms with Crippen molar-refractivity contribution < 1.29 is 14.7 Å². The summed E-state index contributed by atoms with van der Waals surface area (Å²) in [6.07, 6.45) is 0. The smallest absolute Gasteiger partial charge is 0.259 e. The molecule has 0 spiro atoms. The van der Waals surface area contributed by atoms with E-state index in [1.165, 1.54) is 6.92 Å². The predicted molar refractivity (Wildman–Crippen MR) is 51.7 cm³/mol. The molecular weight excluding hydrogens is 182 g/mol. The first-order valence-electron chi connectivity index (χ1n) is 4.50. The second-order valence-corrected chi connectivity index (χ2v) is 4.59. The maximum Gasteiger partial charge on any atom is 0.259 e. The molecule has 4 nitrogen and oxygen atoms in total. The Morgan fingerprint density at radius 2 is 1.93 bits per heavy atom. The van der Waals surface area contributed by atoms with Crippen molar-refractivity contribution in [3.63, 3.8) is 0 Å². The lowest BCUT2D eigenvalue weighted by atomic mass is 9.86. The molecular formula is C10H15NO3. The van der Waals surface area contributed by atoms with Gasteiger partial charge in [0.15, 0.2) is 5.78 Å². The largest absolute Gasteiger partial charge is 0.509 e. The van der Waals surface area contributed by atoms with Crippen LogP contribution in [-0.2, 0) is 9.59 Å². The van der Waals surface area contributed by atoms with Crippen molar-refractivity contribution in [3.8, 4) is 0 Å². The van der Waals surface area contributed by atoms with Gasteiger partial charge in [0, 0.05) is 0 Å². The number of hydrogen-bond donors (Lipinski definition) is 2. The topological polar surface area (TPSA) is 66.4 Å². The first-order chi connectivity index (χ1) is 6.25. The minimum atomic E-state index is -0.477. The van der Waals surface area contributed by atoms with Crippen LogP contribution >= 0.6 is 0 Å². The first kappa shape index (κ1) is 10.8. The molecule has 78 valence electrons. The Morgan fingerprint density at radius 1 is 1.43 bits per heavy atom. The lowest BCUT2D eigenvalue weighted by molar-refractivity contribution is -0.121. The van der Waals surface area contributed by atoms with Gasteiger partial charge in [0.05, 0.1) is 6.04 Å². The number of aliphatic hydroxyl groups is 1. The highest BCUT2D eigenvalue weighted by atomic mass is 16.3. The van der Waals surface area contributed by atoms with Crippen LogP contribution in [0.3, 0.4) is 0 Å². The molecule has 1 heterocycles. The Labute approximate surface area is 83.0 Å². The number of Topliss-reactive ketones (excluding diaryl/α,β-unsaturated/α-hetero) is 1. The van der Waals surface area contributed by atoms with Gasteiger partial charge in [-0.15, -0.1) is 0 Å². The summed E-state index contributed by atoms with van der Waals surface area (Å²) < 4.78 is 0. The molecule has 1 atom stereocenters. The molecule has 4 heteroatoms. The van der Waals surface area contributed by atoms with Gasteiger partial charge >= 0.3 is 0 Å². The summed E-state index contributed by atoms with van der Waals surface area (Å²) in [7, 11) is 0. The number of hydrogen-bond acceptors (Lipinski definition) is 3. The summed E-state index contributed by atoms with van der Waals surface area (Å²) in [5.41, 5.74) is -0.401. The van der Waals surface area contributed by atoms with Gasteiger partial charge in [-0.1, -0.05) is 20.8 Å². The van der Waals surface area contributed by atoms with Gasteiger partial charge in [0.1, 0.15) is 11.3 Å². The number of ketones is 1. The minimum Gasteiger partial charge on any atom is -0.509 e. The summed E-state index contributed by atoms with van der Waals surface area (Å²) >= 11 is 0. The second-order valence-electron chi connectivity index (χ2n) is 4.59. The number of aliphatic hydroxyl groups excluding tert-OH is 1. The number of carbonyl (C=O) groups excluding carboxylic acids is 2. The maximum atomic E-state index is 11.3. The molecule has 1 aliphatic heterocycles. The summed E-state index contributed by atoms with van der Waals surface area (Å²) in [5, 5.41) is 12.3. The van der Waals surface area contributed by atoms with E-state index in [4.69, 9.17) is 0 Å². The zero-order valence-corrected chi connectivity index (χ0v) is 8.84. The number of nitrogens with one attached hydrogen (secondary N) is 1. The van der Waals surface area contributed by atoms with Crippen LogP contribution in [0.1, 0.15) is 27.7 Å². The highest BCUT2D eigenvalue weighted by molar-refractivity contribution is 6.20. The van der Waals surface area contributed by atoms with Gasteiger partial charge in [0.2, 0.25) is 0 Å². The zero-order valence-electron chi connectivity index (χ0n) is 8.84. The van der Waals surface area contributed by atoms with Crippen LogP contribution in [0.25, 0.3) is 0 Å². The van der Waals surface area contributed by atoms with E-state index < -0.39 is 17.7 Å². The summed E-state index contributed by atoms with van der Waals surface area (Å²) in [6, 6.07) is -0.464. The lowest BCUT2D eigenvalue weighted by Gasteiger charge is -2.26. The van der Waals surface area contributed by atoms with E-state index in [1.54, 1.807) is 0 Å². The fraction of sp³-hybridized carbons (Fsp3) is 0.600. The summed E-state index contributed by atoms with van der Waals surface area (Å²) in [5.74, 6) is -1.00. The van der Waals surface area contributed by atoms with Crippen molar-refractivity contribution in [3.05, 3.63) is 11.3 Å². The van der Waals surface area contributed by atoms with Crippen LogP contribution < -0.4 is 5.32 Å². The fourth-order valence-electron chi connectivity index (χ4n) is 1.50. The SMILES string of the molecule is CC(=O)C1=C(O)C(C(C)(C)C)NC1=O. The molecule has 0 bridgehead atoms. The van der Waals surface area contributed by atoms with Crippen molar-refractivity contribution in [2.24, 2.45) is 5.41 Å². The van der Waals surface area contributed by atoms with Gasteiger partial charge in [-0.3, -0.25) is 9.59 Å². The highest BCUT2D eigenvalue weighted by Gasteiger charge is 2.40. The van der Waals surface area contributed by atoms with Gasteiger partial charge in [-0.2, -0.15) is 0 Å². The Balaban J connectivity index is 3.12. The van der Waals surface area contributed by atoms with Crippen LogP contribution in [0.5, 0.6) is 0 Å². The van der Waals surface area contributed by atoms with E-state index in [0.29, 0.717) is 0 Å². The van der Waals surface area contributed by atoms with Crippen molar-refractivity contribution in [2.75, 3.05) is 0 Å². The van der Waals surface area contributed by atoms with E-state index in [-0.39, 0.29) is 16.7 Å². The van der Waals surface area contributed by atoms with Crippen LogP contribution in [0.15, 0.2) is 11.3 Å². The van der Waals surface area contributed by atoms with Gasteiger partial charge in [-0.25, -0.2) is 0 Å². The average Bonchev–Trinajstić information content (AvgIpc) is 2.24. The lowest BCUT2D eigenvalue weighted by Crippen LogP contribution is -2.39. The molecule has 0 saturated carbocycles. The molecule has 0 aromatic carbocycles. The Kier molecular flexibility index (Phi) is 2.39. The van der Waals surface area contributed by atoms with Gasteiger partial charge in [0.25, 0.3) is 5.91 Å². The van der Waals surface area contributed by atoms with Crippen LogP contribution in [0.2, 0.25) is 0 Å². The average molecular weight is 197 g/mol. The molecule has 2 N–H and O–H groups in total. The van der Waals surface area contributed by atoms with Crippen molar-refractivity contribution in [1.82, 2.24) is 5.32 Å². The van der Waals surface area contributed by atoms with E-state index in [0.717, 1.165) is 0 Å². The summed E-state index contributed by atoms with van der Waals surface area (Å²) in [6.45, 7) is 6.93. The summed E-state index contributed by atoms with van der Waals surface area (Å²) in [4.78, 5) is 22.4. The Morgan fingerprint density at radius 3 is 2.14 bits per heavy atom. The highest BCUT2D eigenvalue weighted by Crippen LogP contribution is 2.29. The van der Waals surface area contributed by atoms with Crippen LogP contribution in [0, 0.1) is 5.41 Å². The molecule has 1 amide bonds. The van der Waals surface area contributed by atoms with Gasteiger partial charge < -0.3 is 10.4 Å². The molecule has 0 radical (unpaired) electrons. The quantitative estimate of drug-likeness (QED) is 0.614. The molecule has 0 saturated heterocycles. The molecule has 0 aromatic rings. The maximum absolute atomic E-state index is 11.3. The molecule has 0 aromatic heterocycles. The molecule has 1 unspecified atom stereocenters. The zero-order chi connectivity index (χ0) is 11.1. The van der Waals surface area contributed by atoms with E-state index in [2.05, 4.69) is 5.32 Å². The predicted octanol–water partition coefficient (Wildman–Crippen LogP) is 0.932. The van der Waals surface area contributed by atoms with E-state index in [1.807, 2.05) is 20.8 Å². The monoisotopic (exact) mass is 197 g/mol. The van der Waals surface area contributed by atoms with Gasteiger partial charge in [-0.05, 0) is 12.3 Å². The van der Waals surface area contributed by atoms with Crippen molar-refractivity contribution >= 4 is 11.7 Å². The third-order valence-electron chi connectivity index (χ3n) is 2.25. The third kappa shape index (κ3) is 1.64. The molecule has 0 aliphatic carbocycles. The third-order valence-corrected chi connectivity index (χ3v) is 2.25. The van der Waals surface area contributed by atoms with E-state index >= 15 is 0 Å². The van der Waals surface area contributed by atoms with Crippen molar-refractivity contribution in [2.45, 2.75) is 33.7 Å². The van der Waals surface area contributed by atoms with Crippen LogP contribution in [0.4, 0.5) is 0 Å². The number of rotatable bonds is 1. The van der Waals surface area contributed by atoms with E-state index in [9.17, 15) is 14.7 Å². The number of carbonyl (C=O) groups is 2. The van der Waals surface area contributed by atoms with Crippen LogP contribution in [-0.4, -0.2) is 22.8 Å².